The van der Waals surface area contributed by atoms with Gasteiger partial charge in [-0.25, -0.2) is 0 Å². The molecule has 1 amide bonds. The summed E-state index contributed by atoms with van der Waals surface area (Å²) in [6, 6.07) is 0.282. The van der Waals surface area contributed by atoms with E-state index in [-0.39, 0.29) is 11.5 Å². The van der Waals surface area contributed by atoms with Crippen LogP contribution in [0.15, 0.2) is 12.2 Å². The Morgan fingerprint density at radius 1 is 1.12 bits per heavy atom. The van der Waals surface area contributed by atoms with E-state index in [1.165, 1.54) is 25.7 Å². The maximum Gasteiger partial charge on any atom is 0.207 e. The Morgan fingerprint density at radius 2 is 1.84 bits per heavy atom. The number of rotatable bonds is 4. The first-order chi connectivity index (χ1) is 11.8. The summed E-state index contributed by atoms with van der Waals surface area (Å²) in [4.78, 5) is 11.2. The Hall–Kier alpha value is -0.790. The molecular weight excluding hydrogens is 306 g/mol. The molecule has 3 rings (SSSR count). The average Bonchev–Trinajstić information content (AvgIpc) is 2.89. The van der Waals surface area contributed by atoms with Crippen molar-refractivity contribution < 1.29 is 4.79 Å². The van der Waals surface area contributed by atoms with E-state index in [1.807, 2.05) is 0 Å². The fourth-order valence-corrected chi connectivity index (χ4v) is 7.82. The summed E-state index contributed by atoms with van der Waals surface area (Å²) >= 11 is 0. The Labute approximate surface area is 155 Å². The topological polar surface area (TPSA) is 29.1 Å². The van der Waals surface area contributed by atoms with Crippen molar-refractivity contribution in [2.75, 3.05) is 0 Å². The largest absolute Gasteiger partial charge is 0.355 e. The molecule has 25 heavy (non-hydrogen) atoms. The third kappa shape index (κ3) is 2.79. The van der Waals surface area contributed by atoms with Crippen LogP contribution in [0.25, 0.3) is 0 Å². The molecule has 0 heterocycles. The number of fused-ring (bicyclic) bond motifs is 3. The van der Waals surface area contributed by atoms with Crippen LogP contribution in [0.2, 0.25) is 0 Å². The predicted molar refractivity (Wildman–Crippen MR) is 105 cm³/mol. The minimum absolute atomic E-state index is 0.101. The van der Waals surface area contributed by atoms with Gasteiger partial charge in [-0.3, -0.25) is 4.79 Å². The van der Waals surface area contributed by atoms with Gasteiger partial charge in [0.1, 0.15) is 0 Å². The highest BCUT2D eigenvalue weighted by Crippen LogP contribution is 2.66. The highest BCUT2D eigenvalue weighted by molar-refractivity contribution is 5.47. The molecule has 0 bridgehead atoms. The normalized spacial score (nSPS) is 49.9. The van der Waals surface area contributed by atoms with Crippen LogP contribution >= 0.6 is 0 Å². The minimum atomic E-state index is 0.101. The summed E-state index contributed by atoms with van der Waals surface area (Å²) in [5.41, 5.74) is 0.634. The molecular formula is C23H39NO. The van der Waals surface area contributed by atoms with E-state index in [0.717, 1.165) is 36.5 Å². The Balaban J connectivity index is 1.97. The van der Waals surface area contributed by atoms with Crippen LogP contribution in [0, 0.1) is 46.3 Å². The molecule has 3 saturated carbocycles. The molecule has 3 aliphatic rings. The lowest BCUT2D eigenvalue weighted by molar-refractivity contribution is -0.117. The van der Waals surface area contributed by atoms with Crippen molar-refractivity contribution in [2.45, 2.75) is 79.7 Å². The van der Waals surface area contributed by atoms with Crippen molar-refractivity contribution in [1.82, 2.24) is 5.32 Å². The molecule has 0 radical (unpaired) electrons. The number of carbonyl (C=O) groups is 1. The van der Waals surface area contributed by atoms with E-state index < -0.39 is 0 Å². The molecule has 0 aromatic carbocycles. The van der Waals surface area contributed by atoms with Gasteiger partial charge in [-0.2, -0.15) is 0 Å². The summed E-state index contributed by atoms with van der Waals surface area (Å²) in [5, 5.41) is 3.19. The van der Waals surface area contributed by atoms with Crippen LogP contribution in [-0.2, 0) is 4.79 Å². The van der Waals surface area contributed by atoms with Gasteiger partial charge in [0.15, 0.2) is 0 Å². The van der Waals surface area contributed by atoms with Crippen molar-refractivity contribution in [3.8, 4) is 0 Å². The summed E-state index contributed by atoms with van der Waals surface area (Å²) in [7, 11) is 0. The third-order valence-electron chi connectivity index (χ3n) is 8.82. The molecule has 3 fully saturated rings. The van der Waals surface area contributed by atoms with E-state index in [9.17, 15) is 4.79 Å². The number of hydrogen-bond acceptors (Lipinski definition) is 1. The molecule has 2 nitrogen and oxygen atoms in total. The highest BCUT2D eigenvalue weighted by Gasteiger charge is 2.60. The van der Waals surface area contributed by atoms with Gasteiger partial charge in [-0.15, -0.1) is 0 Å². The molecule has 142 valence electrons. The molecule has 0 spiro atoms. The van der Waals surface area contributed by atoms with Crippen molar-refractivity contribution in [3.63, 3.8) is 0 Å². The van der Waals surface area contributed by atoms with Gasteiger partial charge in [0.2, 0.25) is 6.41 Å². The number of hydrogen-bond donors (Lipinski definition) is 1. The second-order valence-electron chi connectivity index (χ2n) is 10.2. The smallest absolute Gasteiger partial charge is 0.207 e. The van der Waals surface area contributed by atoms with Crippen LogP contribution in [0.1, 0.15) is 73.6 Å². The van der Waals surface area contributed by atoms with E-state index >= 15 is 0 Å². The molecule has 8 atom stereocenters. The number of carbonyl (C=O) groups excluding carboxylic acids is 1. The quantitative estimate of drug-likeness (QED) is 0.533. The first kappa shape index (κ1) is 19.0. The third-order valence-corrected chi connectivity index (χ3v) is 8.82. The van der Waals surface area contributed by atoms with Gasteiger partial charge in [0, 0.05) is 11.5 Å². The highest BCUT2D eigenvalue weighted by atomic mass is 16.1. The van der Waals surface area contributed by atoms with E-state index in [2.05, 4.69) is 59.0 Å². The van der Waals surface area contributed by atoms with Crippen molar-refractivity contribution in [1.29, 1.82) is 0 Å². The van der Waals surface area contributed by atoms with Gasteiger partial charge in [-0.05, 0) is 80.0 Å². The predicted octanol–water partition coefficient (Wildman–Crippen LogP) is 5.44. The standard InChI is InChI=1S/C23H39NO/c1-7-11-23(6)19-10-12-22(5)17(15(2)3)8-9-18(22)21(19)16(4)13-20(23)24-14-25/h7,11,14-21H,8-10,12-13H2,1-6H3,(H,24,25)/b11-7-. The van der Waals surface area contributed by atoms with Crippen LogP contribution in [-0.4, -0.2) is 12.5 Å². The van der Waals surface area contributed by atoms with Crippen molar-refractivity contribution >= 4 is 6.41 Å². The van der Waals surface area contributed by atoms with Crippen LogP contribution in [0.5, 0.6) is 0 Å². The van der Waals surface area contributed by atoms with Gasteiger partial charge in [-0.1, -0.05) is 46.8 Å². The zero-order chi connectivity index (χ0) is 18.4. The number of amides is 1. The van der Waals surface area contributed by atoms with Gasteiger partial charge < -0.3 is 5.32 Å². The molecule has 2 heteroatoms. The first-order valence-electron chi connectivity index (χ1n) is 10.6. The molecule has 0 aromatic heterocycles. The second-order valence-corrected chi connectivity index (χ2v) is 10.2. The zero-order valence-corrected chi connectivity index (χ0v) is 17.2. The molecule has 0 saturated heterocycles. The molecule has 8 unspecified atom stereocenters. The van der Waals surface area contributed by atoms with Crippen LogP contribution in [0.3, 0.4) is 0 Å². The van der Waals surface area contributed by atoms with Crippen LogP contribution < -0.4 is 5.32 Å². The summed E-state index contributed by atoms with van der Waals surface area (Å²) in [5.74, 6) is 4.79. The summed E-state index contributed by atoms with van der Waals surface area (Å²) < 4.78 is 0. The van der Waals surface area contributed by atoms with Crippen molar-refractivity contribution in [2.24, 2.45) is 46.3 Å². The minimum Gasteiger partial charge on any atom is -0.355 e. The lowest BCUT2D eigenvalue weighted by Crippen LogP contribution is -2.59. The van der Waals surface area contributed by atoms with E-state index in [0.29, 0.717) is 17.3 Å². The van der Waals surface area contributed by atoms with E-state index in [1.54, 1.807) is 0 Å². The van der Waals surface area contributed by atoms with Gasteiger partial charge in [0.25, 0.3) is 0 Å². The fourth-order valence-electron chi connectivity index (χ4n) is 7.82. The maximum absolute atomic E-state index is 11.2. The monoisotopic (exact) mass is 345 g/mol. The van der Waals surface area contributed by atoms with Gasteiger partial charge in [0.05, 0.1) is 0 Å². The Morgan fingerprint density at radius 3 is 2.44 bits per heavy atom. The lowest BCUT2D eigenvalue weighted by Gasteiger charge is -2.60. The average molecular weight is 346 g/mol. The SMILES string of the molecule is C/C=C\C1(C)C(NC=O)CC(C)C2C1CCC1(C)C(C(C)C)CCC21. The lowest BCUT2D eigenvalue weighted by atomic mass is 9.45. The Bertz CT molecular complexity index is 526. The summed E-state index contributed by atoms with van der Waals surface area (Å²) in [6.45, 7) is 14.5. The molecule has 1 N–H and O–H groups in total. The number of allylic oxidation sites excluding steroid dienone is 1. The van der Waals surface area contributed by atoms with Crippen LogP contribution in [0.4, 0.5) is 0 Å². The van der Waals surface area contributed by atoms with Gasteiger partial charge >= 0.3 is 0 Å². The first-order valence-corrected chi connectivity index (χ1v) is 10.6. The molecule has 0 aromatic rings. The second kappa shape index (κ2) is 6.74. The zero-order valence-electron chi connectivity index (χ0n) is 17.2. The number of nitrogens with one attached hydrogen (secondary N) is 1. The van der Waals surface area contributed by atoms with Crippen molar-refractivity contribution in [3.05, 3.63) is 12.2 Å². The molecule has 3 aliphatic carbocycles. The fraction of sp³-hybridized carbons (Fsp3) is 0.870. The van der Waals surface area contributed by atoms with E-state index in [4.69, 9.17) is 0 Å². The Kier molecular flexibility index (Phi) is 5.12. The maximum atomic E-state index is 11.2. The summed E-state index contributed by atoms with van der Waals surface area (Å²) in [6.07, 6.45) is 12.2. The molecule has 0 aliphatic heterocycles.